The number of halogens is 1. The standard InChI is InChI=1S/C15H22BrNO2/c1-2-3-4-5-10-17(11-12-18)15(19)13-6-8-14(16)9-7-13/h6-9,18H,2-5,10-12H2,1H3. The van der Waals surface area contributed by atoms with Crippen LogP contribution in [0.4, 0.5) is 0 Å². The second-order valence-corrected chi connectivity index (χ2v) is 5.50. The zero-order chi connectivity index (χ0) is 14.1. The highest BCUT2D eigenvalue weighted by molar-refractivity contribution is 9.10. The third kappa shape index (κ3) is 5.74. The number of aliphatic hydroxyl groups excluding tert-OH is 1. The minimum Gasteiger partial charge on any atom is -0.395 e. The maximum atomic E-state index is 12.3. The Morgan fingerprint density at radius 1 is 1.16 bits per heavy atom. The average molecular weight is 328 g/mol. The van der Waals surface area contributed by atoms with E-state index in [1.165, 1.54) is 12.8 Å². The maximum absolute atomic E-state index is 12.3. The van der Waals surface area contributed by atoms with Gasteiger partial charge in [0.2, 0.25) is 0 Å². The van der Waals surface area contributed by atoms with E-state index in [9.17, 15) is 4.79 Å². The van der Waals surface area contributed by atoms with Crippen molar-refractivity contribution >= 4 is 21.8 Å². The number of carbonyl (C=O) groups excluding carboxylic acids is 1. The average Bonchev–Trinajstić information content (AvgIpc) is 2.42. The van der Waals surface area contributed by atoms with E-state index in [1.807, 2.05) is 24.3 Å². The van der Waals surface area contributed by atoms with Crippen molar-refractivity contribution in [1.29, 1.82) is 0 Å². The highest BCUT2D eigenvalue weighted by Gasteiger charge is 2.14. The number of nitrogens with zero attached hydrogens (tertiary/aromatic N) is 1. The summed E-state index contributed by atoms with van der Waals surface area (Å²) in [6.45, 7) is 3.30. The number of unbranched alkanes of at least 4 members (excludes halogenated alkanes) is 3. The highest BCUT2D eigenvalue weighted by atomic mass is 79.9. The predicted molar refractivity (Wildman–Crippen MR) is 81.3 cm³/mol. The van der Waals surface area contributed by atoms with Crippen molar-refractivity contribution in [2.24, 2.45) is 0 Å². The summed E-state index contributed by atoms with van der Waals surface area (Å²) in [6, 6.07) is 7.34. The largest absolute Gasteiger partial charge is 0.395 e. The van der Waals surface area contributed by atoms with Crippen molar-refractivity contribution in [3.05, 3.63) is 34.3 Å². The van der Waals surface area contributed by atoms with E-state index in [0.717, 1.165) is 23.9 Å². The van der Waals surface area contributed by atoms with Gasteiger partial charge in [-0.1, -0.05) is 42.1 Å². The first-order valence-electron chi connectivity index (χ1n) is 6.84. The summed E-state index contributed by atoms with van der Waals surface area (Å²) in [5, 5.41) is 9.08. The Bertz CT molecular complexity index is 378. The third-order valence-corrected chi connectivity index (χ3v) is 3.56. The van der Waals surface area contributed by atoms with Crippen LogP contribution in [0, 0.1) is 0 Å². The molecule has 0 aliphatic heterocycles. The Labute approximate surface area is 123 Å². The molecule has 4 heteroatoms. The molecule has 0 bridgehead atoms. The van der Waals surface area contributed by atoms with E-state index in [4.69, 9.17) is 5.11 Å². The van der Waals surface area contributed by atoms with Gasteiger partial charge < -0.3 is 10.0 Å². The number of rotatable bonds is 8. The van der Waals surface area contributed by atoms with E-state index in [2.05, 4.69) is 22.9 Å². The molecular formula is C15H22BrNO2. The number of amides is 1. The number of hydrogen-bond donors (Lipinski definition) is 1. The first kappa shape index (κ1) is 16.2. The number of hydrogen-bond acceptors (Lipinski definition) is 2. The van der Waals surface area contributed by atoms with E-state index in [1.54, 1.807) is 4.90 Å². The number of aliphatic hydroxyl groups is 1. The molecule has 1 amide bonds. The minimum absolute atomic E-state index is 0.00181. The molecule has 3 nitrogen and oxygen atoms in total. The van der Waals surface area contributed by atoms with Crippen LogP contribution in [-0.2, 0) is 0 Å². The summed E-state index contributed by atoms with van der Waals surface area (Å²) in [5.41, 5.74) is 0.673. The first-order chi connectivity index (χ1) is 9.19. The molecular weight excluding hydrogens is 306 g/mol. The van der Waals surface area contributed by atoms with Gasteiger partial charge >= 0.3 is 0 Å². The summed E-state index contributed by atoms with van der Waals surface area (Å²) in [4.78, 5) is 14.0. The van der Waals surface area contributed by atoms with Gasteiger partial charge in [0.25, 0.3) is 5.91 Å². The summed E-state index contributed by atoms with van der Waals surface area (Å²) >= 11 is 3.36. The van der Waals surface area contributed by atoms with Gasteiger partial charge in [0.1, 0.15) is 0 Å². The fraction of sp³-hybridized carbons (Fsp3) is 0.533. The van der Waals surface area contributed by atoms with Gasteiger partial charge in [-0.3, -0.25) is 4.79 Å². The Morgan fingerprint density at radius 3 is 2.42 bits per heavy atom. The summed E-state index contributed by atoms with van der Waals surface area (Å²) in [5.74, 6) is -0.00181. The smallest absolute Gasteiger partial charge is 0.253 e. The van der Waals surface area contributed by atoms with Crippen LogP contribution in [0.2, 0.25) is 0 Å². The summed E-state index contributed by atoms with van der Waals surface area (Å²) < 4.78 is 0.959. The lowest BCUT2D eigenvalue weighted by molar-refractivity contribution is 0.0718. The molecule has 0 saturated heterocycles. The van der Waals surface area contributed by atoms with Crippen LogP contribution in [0.1, 0.15) is 43.0 Å². The molecule has 1 aromatic carbocycles. The molecule has 0 aliphatic rings. The topological polar surface area (TPSA) is 40.5 Å². The molecule has 0 fully saturated rings. The molecule has 1 aromatic rings. The Balaban J connectivity index is 2.58. The molecule has 0 radical (unpaired) electrons. The molecule has 0 aromatic heterocycles. The van der Waals surface area contributed by atoms with Crippen LogP contribution in [0.5, 0.6) is 0 Å². The van der Waals surface area contributed by atoms with Crippen LogP contribution in [0.25, 0.3) is 0 Å². The van der Waals surface area contributed by atoms with Gasteiger partial charge in [0, 0.05) is 23.1 Å². The van der Waals surface area contributed by atoms with E-state index in [0.29, 0.717) is 12.1 Å². The van der Waals surface area contributed by atoms with Crippen LogP contribution >= 0.6 is 15.9 Å². The van der Waals surface area contributed by atoms with Crippen molar-refractivity contribution in [2.75, 3.05) is 19.7 Å². The highest BCUT2D eigenvalue weighted by Crippen LogP contribution is 2.13. The van der Waals surface area contributed by atoms with Gasteiger partial charge in [-0.15, -0.1) is 0 Å². The predicted octanol–water partition coefficient (Wildman–Crippen LogP) is 3.46. The second kappa shape index (κ2) is 9.10. The Morgan fingerprint density at radius 2 is 1.84 bits per heavy atom. The summed E-state index contributed by atoms with van der Waals surface area (Å²) in [7, 11) is 0. The Kier molecular flexibility index (Phi) is 7.75. The molecule has 0 heterocycles. The number of carbonyl (C=O) groups is 1. The second-order valence-electron chi connectivity index (χ2n) is 4.58. The Hall–Kier alpha value is -0.870. The van der Waals surface area contributed by atoms with E-state index >= 15 is 0 Å². The zero-order valence-electron chi connectivity index (χ0n) is 11.4. The quantitative estimate of drug-likeness (QED) is 0.743. The normalized spacial score (nSPS) is 10.5. The van der Waals surface area contributed by atoms with Crippen LogP contribution in [-0.4, -0.2) is 35.6 Å². The van der Waals surface area contributed by atoms with Crippen LogP contribution < -0.4 is 0 Å². The zero-order valence-corrected chi connectivity index (χ0v) is 13.0. The molecule has 0 aliphatic carbocycles. The van der Waals surface area contributed by atoms with E-state index < -0.39 is 0 Å². The van der Waals surface area contributed by atoms with Crippen LogP contribution in [0.3, 0.4) is 0 Å². The molecule has 1 N–H and O–H groups in total. The summed E-state index contributed by atoms with van der Waals surface area (Å²) in [6.07, 6.45) is 4.50. The molecule has 19 heavy (non-hydrogen) atoms. The molecule has 0 saturated carbocycles. The van der Waals surface area contributed by atoms with Gasteiger partial charge in [0.15, 0.2) is 0 Å². The van der Waals surface area contributed by atoms with Gasteiger partial charge in [-0.2, -0.15) is 0 Å². The maximum Gasteiger partial charge on any atom is 0.253 e. The lowest BCUT2D eigenvalue weighted by Crippen LogP contribution is -2.34. The van der Waals surface area contributed by atoms with Gasteiger partial charge in [-0.05, 0) is 30.7 Å². The van der Waals surface area contributed by atoms with Crippen LogP contribution in [0.15, 0.2) is 28.7 Å². The number of benzene rings is 1. The van der Waals surface area contributed by atoms with Gasteiger partial charge in [0.05, 0.1) is 6.61 Å². The van der Waals surface area contributed by atoms with Crippen molar-refractivity contribution in [3.63, 3.8) is 0 Å². The monoisotopic (exact) mass is 327 g/mol. The molecule has 106 valence electrons. The SMILES string of the molecule is CCCCCCN(CCO)C(=O)c1ccc(Br)cc1. The van der Waals surface area contributed by atoms with Gasteiger partial charge in [-0.25, -0.2) is 0 Å². The van der Waals surface area contributed by atoms with Crippen molar-refractivity contribution in [2.45, 2.75) is 32.6 Å². The van der Waals surface area contributed by atoms with E-state index in [-0.39, 0.29) is 12.5 Å². The van der Waals surface area contributed by atoms with Crippen molar-refractivity contribution in [3.8, 4) is 0 Å². The first-order valence-corrected chi connectivity index (χ1v) is 7.64. The fourth-order valence-corrected chi connectivity index (χ4v) is 2.20. The molecule has 1 rings (SSSR count). The molecule has 0 unspecified atom stereocenters. The fourth-order valence-electron chi connectivity index (χ4n) is 1.94. The van der Waals surface area contributed by atoms with Crippen molar-refractivity contribution < 1.29 is 9.90 Å². The molecule has 0 spiro atoms. The van der Waals surface area contributed by atoms with Crippen molar-refractivity contribution in [1.82, 2.24) is 4.90 Å². The molecule has 0 atom stereocenters. The lowest BCUT2D eigenvalue weighted by Gasteiger charge is -2.21. The lowest BCUT2D eigenvalue weighted by atomic mass is 10.1. The minimum atomic E-state index is -0.00181. The third-order valence-electron chi connectivity index (χ3n) is 3.03.